The Bertz CT molecular complexity index is 1040. The Kier molecular flexibility index (Phi) is 9.08. The predicted molar refractivity (Wildman–Crippen MR) is 144 cm³/mol. The van der Waals surface area contributed by atoms with Gasteiger partial charge in [-0.3, -0.25) is 4.79 Å². The lowest BCUT2D eigenvalue weighted by atomic mass is 9.90. The van der Waals surface area contributed by atoms with E-state index in [9.17, 15) is 4.79 Å². The highest BCUT2D eigenvalue weighted by Crippen LogP contribution is 2.29. The molecular weight excluding hydrogens is 430 g/mol. The van der Waals surface area contributed by atoms with Crippen molar-refractivity contribution in [2.75, 3.05) is 0 Å². The van der Waals surface area contributed by atoms with Crippen molar-refractivity contribution in [3.8, 4) is 0 Å². The fourth-order valence-corrected chi connectivity index (χ4v) is 4.71. The number of carbonyl (C=O) groups excluding carboxylic acids is 1. The standard InChI is InChI=1S/C32H35NO2/c1-2-31(35-28-21-13-6-14-22-28)30(32(34)33-24-25-15-7-3-8-16-25)23-29(26-17-9-4-10-18-26)27-19-11-5-12-20-27/h2-5,7-12,15-20,23,28,30-31H,1,6,13-14,21-22,24H2,(H,33,34)/t30-,31-/m1/s1. The zero-order valence-electron chi connectivity index (χ0n) is 20.3. The molecule has 180 valence electrons. The first-order valence-electron chi connectivity index (χ1n) is 12.7. The number of hydrogen-bond acceptors (Lipinski definition) is 2. The van der Waals surface area contributed by atoms with Crippen LogP contribution in [0.5, 0.6) is 0 Å². The SMILES string of the molecule is C=C[C@@H](OC1CCCCC1)[C@@H](C=C(c1ccccc1)c1ccccc1)C(=O)NCc1ccccc1. The molecule has 3 aromatic rings. The summed E-state index contributed by atoms with van der Waals surface area (Å²) in [5.74, 6) is -0.563. The quantitative estimate of drug-likeness (QED) is 0.329. The second kappa shape index (κ2) is 12.9. The van der Waals surface area contributed by atoms with Crippen molar-refractivity contribution < 1.29 is 9.53 Å². The van der Waals surface area contributed by atoms with E-state index in [4.69, 9.17) is 4.74 Å². The molecule has 0 saturated heterocycles. The highest BCUT2D eigenvalue weighted by atomic mass is 16.5. The van der Waals surface area contributed by atoms with E-state index in [0.717, 1.165) is 35.1 Å². The molecule has 4 rings (SSSR count). The van der Waals surface area contributed by atoms with Crippen LogP contribution in [0.2, 0.25) is 0 Å². The lowest BCUT2D eigenvalue weighted by Crippen LogP contribution is -2.39. The zero-order valence-corrected chi connectivity index (χ0v) is 20.3. The predicted octanol–water partition coefficient (Wildman–Crippen LogP) is 6.95. The van der Waals surface area contributed by atoms with Crippen molar-refractivity contribution in [1.29, 1.82) is 0 Å². The molecule has 1 fully saturated rings. The first-order valence-corrected chi connectivity index (χ1v) is 12.7. The van der Waals surface area contributed by atoms with Gasteiger partial charge in [-0.1, -0.05) is 122 Å². The lowest BCUT2D eigenvalue weighted by molar-refractivity contribution is -0.128. The minimum Gasteiger partial charge on any atom is -0.370 e. The highest BCUT2D eigenvalue weighted by Gasteiger charge is 2.29. The summed E-state index contributed by atoms with van der Waals surface area (Å²) in [5, 5.41) is 3.15. The minimum absolute atomic E-state index is 0.0566. The van der Waals surface area contributed by atoms with E-state index in [1.54, 1.807) is 6.08 Å². The van der Waals surface area contributed by atoms with Gasteiger partial charge >= 0.3 is 0 Å². The van der Waals surface area contributed by atoms with Gasteiger partial charge in [-0.15, -0.1) is 6.58 Å². The van der Waals surface area contributed by atoms with E-state index in [1.807, 2.05) is 66.7 Å². The molecule has 3 heteroatoms. The third kappa shape index (κ3) is 7.03. The maximum atomic E-state index is 13.7. The average Bonchev–Trinajstić information content (AvgIpc) is 2.93. The molecule has 2 atom stereocenters. The van der Waals surface area contributed by atoms with Gasteiger partial charge in [0.05, 0.1) is 18.1 Å². The zero-order chi connectivity index (χ0) is 24.3. The molecule has 0 unspecified atom stereocenters. The van der Waals surface area contributed by atoms with Crippen LogP contribution in [0.15, 0.2) is 110 Å². The summed E-state index contributed by atoms with van der Waals surface area (Å²) >= 11 is 0. The Morgan fingerprint density at radius 1 is 0.857 bits per heavy atom. The van der Waals surface area contributed by atoms with E-state index in [2.05, 4.69) is 42.2 Å². The van der Waals surface area contributed by atoms with E-state index in [-0.39, 0.29) is 12.0 Å². The average molecular weight is 466 g/mol. The van der Waals surface area contributed by atoms with Crippen LogP contribution in [-0.2, 0) is 16.1 Å². The Hall–Kier alpha value is -3.43. The normalized spacial score (nSPS) is 15.5. The molecule has 1 N–H and O–H groups in total. The van der Waals surface area contributed by atoms with Gasteiger partial charge in [0.15, 0.2) is 0 Å². The highest BCUT2D eigenvalue weighted by molar-refractivity contribution is 5.87. The van der Waals surface area contributed by atoms with Crippen molar-refractivity contribution >= 4 is 11.5 Å². The Morgan fingerprint density at radius 3 is 1.94 bits per heavy atom. The Balaban J connectivity index is 1.68. The van der Waals surface area contributed by atoms with Crippen LogP contribution in [0.1, 0.15) is 48.8 Å². The summed E-state index contributed by atoms with van der Waals surface area (Å²) < 4.78 is 6.53. The van der Waals surface area contributed by atoms with E-state index >= 15 is 0 Å². The molecule has 1 saturated carbocycles. The van der Waals surface area contributed by atoms with Crippen molar-refractivity contribution in [2.45, 2.75) is 50.9 Å². The smallest absolute Gasteiger partial charge is 0.230 e. The molecule has 0 aliphatic heterocycles. The summed E-state index contributed by atoms with van der Waals surface area (Å²) in [6.45, 7) is 4.54. The Labute approximate surface area is 209 Å². The molecular formula is C32H35NO2. The summed E-state index contributed by atoms with van der Waals surface area (Å²) in [4.78, 5) is 13.7. The topological polar surface area (TPSA) is 38.3 Å². The van der Waals surface area contributed by atoms with Crippen molar-refractivity contribution in [2.24, 2.45) is 5.92 Å². The molecule has 0 heterocycles. The monoisotopic (exact) mass is 465 g/mol. The molecule has 0 bridgehead atoms. The number of rotatable bonds is 10. The maximum absolute atomic E-state index is 13.7. The molecule has 0 aromatic heterocycles. The number of ether oxygens (including phenoxy) is 1. The van der Waals surface area contributed by atoms with E-state index < -0.39 is 12.0 Å². The van der Waals surface area contributed by atoms with Gasteiger partial charge < -0.3 is 10.1 Å². The van der Waals surface area contributed by atoms with E-state index in [0.29, 0.717) is 6.54 Å². The fraction of sp³-hybridized carbons (Fsp3) is 0.281. The van der Waals surface area contributed by atoms with Gasteiger partial charge in [-0.2, -0.15) is 0 Å². The van der Waals surface area contributed by atoms with Crippen LogP contribution in [0, 0.1) is 5.92 Å². The summed E-state index contributed by atoms with van der Waals surface area (Å²) in [6.07, 6.45) is 9.31. The lowest BCUT2D eigenvalue weighted by Gasteiger charge is -2.30. The molecule has 0 radical (unpaired) electrons. The largest absolute Gasteiger partial charge is 0.370 e. The van der Waals surface area contributed by atoms with E-state index in [1.165, 1.54) is 19.3 Å². The maximum Gasteiger partial charge on any atom is 0.230 e. The molecule has 3 nitrogen and oxygen atoms in total. The minimum atomic E-state index is -0.506. The van der Waals surface area contributed by atoms with Crippen LogP contribution in [0.4, 0.5) is 0 Å². The summed E-state index contributed by atoms with van der Waals surface area (Å²) in [7, 11) is 0. The molecule has 0 spiro atoms. The molecule has 1 aliphatic carbocycles. The van der Waals surface area contributed by atoms with Gasteiger partial charge in [0.1, 0.15) is 0 Å². The molecule has 35 heavy (non-hydrogen) atoms. The van der Waals surface area contributed by atoms with Crippen LogP contribution in [0.3, 0.4) is 0 Å². The first-order chi connectivity index (χ1) is 17.2. The van der Waals surface area contributed by atoms with Crippen LogP contribution < -0.4 is 5.32 Å². The number of nitrogens with one attached hydrogen (secondary N) is 1. The van der Waals surface area contributed by atoms with Gasteiger partial charge in [0.2, 0.25) is 5.91 Å². The number of carbonyl (C=O) groups is 1. The van der Waals surface area contributed by atoms with Crippen molar-refractivity contribution in [1.82, 2.24) is 5.32 Å². The third-order valence-corrected chi connectivity index (χ3v) is 6.62. The van der Waals surface area contributed by atoms with Crippen LogP contribution in [-0.4, -0.2) is 18.1 Å². The summed E-state index contributed by atoms with van der Waals surface area (Å²) in [6, 6.07) is 30.5. The molecule has 1 aliphatic rings. The van der Waals surface area contributed by atoms with Gasteiger partial charge in [0, 0.05) is 6.54 Å². The van der Waals surface area contributed by atoms with Gasteiger partial charge in [-0.25, -0.2) is 0 Å². The summed E-state index contributed by atoms with van der Waals surface area (Å²) in [5.41, 5.74) is 4.23. The van der Waals surface area contributed by atoms with Crippen molar-refractivity contribution in [3.05, 3.63) is 126 Å². The second-order valence-corrected chi connectivity index (χ2v) is 9.14. The second-order valence-electron chi connectivity index (χ2n) is 9.14. The van der Waals surface area contributed by atoms with Crippen molar-refractivity contribution in [3.63, 3.8) is 0 Å². The number of amides is 1. The fourth-order valence-electron chi connectivity index (χ4n) is 4.71. The van der Waals surface area contributed by atoms with Crippen LogP contribution >= 0.6 is 0 Å². The number of benzene rings is 3. The first kappa shape index (κ1) is 24.7. The van der Waals surface area contributed by atoms with Gasteiger partial charge in [-0.05, 0) is 35.1 Å². The van der Waals surface area contributed by atoms with Crippen LogP contribution in [0.25, 0.3) is 5.57 Å². The molecule has 1 amide bonds. The number of hydrogen-bond donors (Lipinski definition) is 1. The third-order valence-electron chi connectivity index (χ3n) is 6.62. The van der Waals surface area contributed by atoms with Gasteiger partial charge in [0.25, 0.3) is 0 Å². The molecule has 3 aromatic carbocycles. The Morgan fingerprint density at radius 2 is 1.40 bits per heavy atom.